The fourth-order valence-electron chi connectivity index (χ4n) is 1.47. The van der Waals surface area contributed by atoms with E-state index in [4.69, 9.17) is 12.2 Å². The second-order valence-corrected chi connectivity index (χ2v) is 3.86. The minimum Gasteiger partial charge on any atom is -0.366 e. The molecule has 0 saturated heterocycles. The molecule has 1 rings (SSSR count). The van der Waals surface area contributed by atoms with Crippen LogP contribution >= 0.6 is 0 Å². The molecular weight excluding hydrogens is 228 g/mol. The summed E-state index contributed by atoms with van der Waals surface area (Å²) in [4.78, 5) is 22.7. The van der Waals surface area contributed by atoms with Crippen molar-refractivity contribution in [3.63, 3.8) is 0 Å². The van der Waals surface area contributed by atoms with Crippen molar-refractivity contribution in [1.82, 2.24) is 5.32 Å². The molecule has 1 aromatic rings. The van der Waals surface area contributed by atoms with Crippen molar-refractivity contribution in [1.29, 1.82) is 0 Å². The maximum Gasteiger partial charge on any atom is 0.251 e. The lowest BCUT2D eigenvalue weighted by atomic mass is 10.1. The number of nitrogens with two attached hydrogens (primary N) is 1. The van der Waals surface area contributed by atoms with E-state index in [1.54, 1.807) is 18.2 Å². The smallest absolute Gasteiger partial charge is 0.251 e. The monoisotopic (exact) mass is 244 g/mol. The highest BCUT2D eigenvalue weighted by Crippen LogP contribution is 2.04. The summed E-state index contributed by atoms with van der Waals surface area (Å²) in [5.41, 5.74) is 5.91. The predicted octanol–water partition coefficient (Wildman–Crippen LogP) is 1.32. The van der Waals surface area contributed by atoms with Gasteiger partial charge in [0.05, 0.1) is 0 Å². The number of hydrogen-bond donors (Lipinski definition) is 2. The Hall–Kier alpha value is -2.28. The van der Waals surface area contributed by atoms with Gasteiger partial charge in [0.1, 0.15) is 0 Å². The van der Waals surface area contributed by atoms with E-state index in [0.717, 1.165) is 12.8 Å². The van der Waals surface area contributed by atoms with Gasteiger partial charge in [0.2, 0.25) is 5.91 Å². The number of carbonyl (C=O) groups excluding carboxylic acids is 2. The topological polar surface area (TPSA) is 72.2 Å². The fraction of sp³-hybridized carbons (Fsp3) is 0.286. The summed E-state index contributed by atoms with van der Waals surface area (Å²) in [6.45, 7) is 0.571. The first-order chi connectivity index (χ1) is 8.65. The first-order valence-corrected chi connectivity index (χ1v) is 5.76. The third-order valence-corrected chi connectivity index (χ3v) is 2.44. The van der Waals surface area contributed by atoms with Crippen molar-refractivity contribution in [3.8, 4) is 12.3 Å². The number of benzene rings is 1. The Kier molecular flexibility index (Phi) is 5.46. The summed E-state index contributed by atoms with van der Waals surface area (Å²) in [7, 11) is 0. The van der Waals surface area contributed by atoms with Crippen LogP contribution in [0.5, 0.6) is 0 Å². The summed E-state index contributed by atoms with van der Waals surface area (Å²) in [5, 5.41) is 2.76. The summed E-state index contributed by atoms with van der Waals surface area (Å²) >= 11 is 0. The molecule has 4 heteroatoms. The molecule has 0 unspecified atom stereocenters. The molecule has 4 nitrogen and oxygen atoms in total. The molecule has 0 aliphatic rings. The Morgan fingerprint density at radius 1 is 1.28 bits per heavy atom. The maximum absolute atomic E-state index is 11.7. The molecule has 2 amide bonds. The Morgan fingerprint density at radius 2 is 2.00 bits per heavy atom. The Labute approximate surface area is 107 Å². The second-order valence-electron chi connectivity index (χ2n) is 3.86. The Morgan fingerprint density at radius 3 is 2.67 bits per heavy atom. The highest BCUT2D eigenvalue weighted by molar-refractivity contribution is 5.99. The molecule has 94 valence electrons. The van der Waals surface area contributed by atoms with Crippen LogP contribution in [0, 0.1) is 12.3 Å². The lowest BCUT2D eigenvalue weighted by Gasteiger charge is -2.05. The molecule has 0 saturated carbocycles. The van der Waals surface area contributed by atoms with E-state index in [-0.39, 0.29) is 5.91 Å². The van der Waals surface area contributed by atoms with Gasteiger partial charge < -0.3 is 11.1 Å². The van der Waals surface area contributed by atoms with Crippen LogP contribution in [0.3, 0.4) is 0 Å². The largest absolute Gasteiger partial charge is 0.366 e. The van der Waals surface area contributed by atoms with Crippen LogP contribution in [0.15, 0.2) is 24.3 Å². The van der Waals surface area contributed by atoms with E-state index in [1.807, 2.05) is 0 Å². The average Bonchev–Trinajstić information content (AvgIpc) is 2.38. The van der Waals surface area contributed by atoms with Crippen LogP contribution in [0.1, 0.15) is 40.0 Å². The highest BCUT2D eigenvalue weighted by atomic mass is 16.2. The molecule has 0 heterocycles. The Balaban J connectivity index is 2.49. The fourth-order valence-corrected chi connectivity index (χ4v) is 1.47. The number of nitrogens with one attached hydrogen (secondary N) is 1. The van der Waals surface area contributed by atoms with Crippen molar-refractivity contribution >= 4 is 11.8 Å². The molecule has 3 N–H and O–H groups in total. The summed E-state index contributed by atoms with van der Waals surface area (Å²) in [6, 6.07) is 6.34. The molecule has 0 aromatic heterocycles. The first-order valence-electron chi connectivity index (χ1n) is 5.76. The lowest BCUT2D eigenvalue weighted by Crippen LogP contribution is -2.24. The maximum atomic E-state index is 11.7. The number of rotatable bonds is 6. The van der Waals surface area contributed by atoms with Gasteiger partial charge in [-0.15, -0.1) is 12.3 Å². The average molecular weight is 244 g/mol. The molecule has 0 spiro atoms. The number of carbonyl (C=O) groups is 2. The quantitative estimate of drug-likeness (QED) is 0.585. The van der Waals surface area contributed by atoms with Crippen molar-refractivity contribution < 1.29 is 9.59 Å². The predicted molar refractivity (Wildman–Crippen MR) is 70.0 cm³/mol. The SMILES string of the molecule is C#CCCCCNC(=O)c1cccc(C(N)=O)c1. The van der Waals surface area contributed by atoms with Crippen molar-refractivity contribution in [2.45, 2.75) is 19.3 Å². The van der Waals surface area contributed by atoms with Gasteiger partial charge in [-0.2, -0.15) is 0 Å². The minimum absolute atomic E-state index is 0.209. The third kappa shape index (κ3) is 4.30. The zero-order chi connectivity index (χ0) is 13.4. The number of unbranched alkanes of at least 4 members (excludes halogenated alkanes) is 2. The molecule has 0 bridgehead atoms. The minimum atomic E-state index is -0.543. The van der Waals surface area contributed by atoms with E-state index < -0.39 is 5.91 Å². The summed E-state index contributed by atoms with van der Waals surface area (Å²) in [6.07, 6.45) is 7.57. The highest BCUT2D eigenvalue weighted by Gasteiger charge is 2.07. The van der Waals surface area contributed by atoms with E-state index in [1.165, 1.54) is 6.07 Å². The first kappa shape index (κ1) is 13.8. The zero-order valence-corrected chi connectivity index (χ0v) is 10.1. The number of hydrogen-bond acceptors (Lipinski definition) is 2. The van der Waals surface area contributed by atoms with Crippen molar-refractivity contribution in [3.05, 3.63) is 35.4 Å². The Bertz CT molecular complexity index is 475. The molecule has 18 heavy (non-hydrogen) atoms. The van der Waals surface area contributed by atoms with Gasteiger partial charge in [-0.1, -0.05) is 6.07 Å². The third-order valence-electron chi connectivity index (χ3n) is 2.44. The van der Waals surface area contributed by atoms with E-state index >= 15 is 0 Å². The normalized spacial score (nSPS) is 9.50. The zero-order valence-electron chi connectivity index (χ0n) is 10.1. The molecule has 1 aromatic carbocycles. The summed E-state index contributed by atoms with van der Waals surface area (Å²) < 4.78 is 0. The van der Waals surface area contributed by atoms with Crippen LogP contribution in [0.25, 0.3) is 0 Å². The molecule has 0 fully saturated rings. The number of terminal acetylenes is 1. The van der Waals surface area contributed by atoms with Gasteiger partial charge in [0.25, 0.3) is 5.91 Å². The summed E-state index contributed by atoms with van der Waals surface area (Å²) in [5.74, 6) is 1.79. The van der Waals surface area contributed by atoms with Crippen LogP contribution in [0.4, 0.5) is 0 Å². The standard InChI is InChI=1S/C14H16N2O2/c1-2-3-4-5-9-16-14(18)12-8-6-7-11(10-12)13(15)17/h1,6-8,10H,3-5,9H2,(H2,15,17)(H,16,18). The van der Waals surface area contributed by atoms with Crippen LogP contribution in [-0.2, 0) is 0 Å². The number of primary amides is 1. The van der Waals surface area contributed by atoms with Gasteiger partial charge in [-0.3, -0.25) is 9.59 Å². The van der Waals surface area contributed by atoms with Crippen LogP contribution in [0.2, 0.25) is 0 Å². The molecule has 0 atom stereocenters. The van der Waals surface area contributed by atoms with E-state index in [0.29, 0.717) is 24.1 Å². The van der Waals surface area contributed by atoms with Crippen molar-refractivity contribution in [2.24, 2.45) is 5.73 Å². The second kappa shape index (κ2) is 7.13. The van der Waals surface area contributed by atoms with Gasteiger partial charge in [-0.05, 0) is 31.0 Å². The molecule has 0 radical (unpaired) electrons. The van der Waals surface area contributed by atoms with Crippen LogP contribution < -0.4 is 11.1 Å². The molecule has 0 aliphatic heterocycles. The van der Waals surface area contributed by atoms with Crippen LogP contribution in [-0.4, -0.2) is 18.4 Å². The van der Waals surface area contributed by atoms with Gasteiger partial charge in [-0.25, -0.2) is 0 Å². The molecule has 0 aliphatic carbocycles. The van der Waals surface area contributed by atoms with E-state index in [9.17, 15) is 9.59 Å². The van der Waals surface area contributed by atoms with E-state index in [2.05, 4.69) is 11.2 Å². The van der Waals surface area contributed by atoms with Gasteiger partial charge >= 0.3 is 0 Å². The lowest BCUT2D eigenvalue weighted by molar-refractivity contribution is 0.0953. The van der Waals surface area contributed by atoms with Gasteiger partial charge in [0.15, 0.2) is 0 Å². The number of amides is 2. The van der Waals surface area contributed by atoms with Crippen molar-refractivity contribution in [2.75, 3.05) is 6.54 Å². The van der Waals surface area contributed by atoms with Gasteiger partial charge in [0, 0.05) is 24.1 Å². The molecular formula is C14H16N2O2.